The van der Waals surface area contributed by atoms with Gasteiger partial charge in [-0.05, 0) is 37.8 Å². The van der Waals surface area contributed by atoms with E-state index in [1.807, 2.05) is 47.4 Å². The number of benzene rings is 2. The highest BCUT2D eigenvalue weighted by Crippen LogP contribution is 2.45. The number of rotatable bonds is 10. The third kappa shape index (κ3) is 7.86. The molecule has 2 N–H and O–H groups in total. The minimum atomic E-state index is -0.124. The van der Waals surface area contributed by atoms with Crippen molar-refractivity contribution in [3.63, 3.8) is 0 Å². The molecule has 0 saturated carbocycles. The molecule has 2 aromatic heterocycles. The third-order valence-corrected chi connectivity index (χ3v) is 11.4. The maximum absolute atomic E-state index is 11.9. The van der Waals surface area contributed by atoms with Gasteiger partial charge in [-0.15, -0.1) is 0 Å². The van der Waals surface area contributed by atoms with Gasteiger partial charge in [0.05, 0.1) is 47.3 Å². The van der Waals surface area contributed by atoms with Gasteiger partial charge >= 0.3 is 0 Å². The lowest BCUT2D eigenvalue weighted by atomic mass is 9.97. The number of aryl methyl sites for hydroxylation is 1. The molecule has 13 heteroatoms. The standard InChI is InChI=1S/C41H46Cl2N6O5/c1-24-19-32(46-40(52-3)31(24)22-48-15-7-17-49(25(2)50)18-8-16-48)29-11-5-9-27(38(29)42)28-10-6-12-30(39(28)43)33-20-35-37(41(47-33)53-4)34(23-54-35)44-21-26-13-14-36(51)45-26/h5-6,9-12,19-20,26,34,44H,7-8,13-18,21-23H2,1-4H3,(H,45,51). The summed E-state index contributed by atoms with van der Waals surface area (Å²) in [6.45, 7) is 8.82. The number of pyridine rings is 2. The summed E-state index contributed by atoms with van der Waals surface area (Å²) < 4.78 is 17.8. The number of hydrogen-bond donors (Lipinski definition) is 2. The minimum Gasteiger partial charge on any atom is -0.491 e. The summed E-state index contributed by atoms with van der Waals surface area (Å²) in [5.74, 6) is 1.93. The molecule has 2 unspecified atom stereocenters. The molecule has 3 aliphatic rings. The number of amides is 2. The van der Waals surface area contributed by atoms with Gasteiger partial charge in [0.1, 0.15) is 12.4 Å². The number of nitrogens with one attached hydrogen (secondary N) is 2. The van der Waals surface area contributed by atoms with Gasteiger partial charge in [-0.3, -0.25) is 14.5 Å². The molecule has 5 heterocycles. The SMILES string of the molecule is COc1nc(-c2cccc(-c3cccc(-c4cc5c(c(OC)n4)C(NCC4CCC(=O)N4)CO5)c3Cl)c2Cl)cc(C)c1CN1CCCN(C(C)=O)CCC1. The van der Waals surface area contributed by atoms with Crippen LogP contribution in [0.5, 0.6) is 17.5 Å². The van der Waals surface area contributed by atoms with Crippen LogP contribution in [0, 0.1) is 6.92 Å². The largest absolute Gasteiger partial charge is 0.491 e. The molecule has 2 atom stereocenters. The lowest BCUT2D eigenvalue weighted by molar-refractivity contribution is -0.129. The zero-order valence-electron chi connectivity index (χ0n) is 31.1. The Bertz CT molecular complexity index is 2050. The highest BCUT2D eigenvalue weighted by atomic mass is 35.5. The first-order valence-corrected chi connectivity index (χ1v) is 19.3. The van der Waals surface area contributed by atoms with Crippen LogP contribution < -0.4 is 24.8 Å². The Morgan fingerprint density at radius 3 is 2.13 bits per heavy atom. The second-order valence-corrected chi connectivity index (χ2v) is 14.9. The van der Waals surface area contributed by atoms with E-state index in [2.05, 4.69) is 28.5 Å². The Morgan fingerprint density at radius 1 is 0.926 bits per heavy atom. The van der Waals surface area contributed by atoms with Crippen LogP contribution in [0.2, 0.25) is 10.0 Å². The molecule has 11 nitrogen and oxygen atoms in total. The average molecular weight is 774 g/mol. The number of carbonyl (C=O) groups excluding carboxylic acids is 2. The van der Waals surface area contributed by atoms with Crippen molar-refractivity contribution < 1.29 is 23.8 Å². The second-order valence-electron chi connectivity index (χ2n) is 14.1. The van der Waals surface area contributed by atoms with Crippen molar-refractivity contribution in [3.8, 4) is 51.2 Å². The van der Waals surface area contributed by atoms with E-state index in [9.17, 15) is 9.59 Å². The van der Waals surface area contributed by atoms with Gasteiger partial charge in [0.15, 0.2) is 0 Å². The molecule has 0 radical (unpaired) electrons. The first-order valence-electron chi connectivity index (χ1n) is 18.5. The summed E-state index contributed by atoms with van der Waals surface area (Å²) in [6.07, 6.45) is 3.20. The minimum absolute atomic E-state index is 0.0852. The van der Waals surface area contributed by atoms with Crippen LogP contribution in [0.4, 0.5) is 0 Å². The highest BCUT2D eigenvalue weighted by Gasteiger charge is 2.32. The molecule has 2 fully saturated rings. The number of aromatic nitrogens is 2. The van der Waals surface area contributed by atoms with Gasteiger partial charge in [0, 0.05) is 92.5 Å². The van der Waals surface area contributed by atoms with Gasteiger partial charge in [0.2, 0.25) is 23.6 Å². The molecule has 7 rings (SSSR count). The smallest absolute Gasteiger partial charge is 0.222 e. The molecule has 2 saturated heterocycles. The maximum Gasteiger partial charge on any atom is 0.222 e. The maximum atomic E-state index is 11.9. The van der Waals surface area contributed by atoms with E-state index in [4.69, 9.17) is 47.4 Å². The molecular formula is C41H46Cl2N6O5. The number of nitrogens with zero attached hydrogens (tertiary/aromatic N) is 4. The summed E-state index contributed by atoms with van der Waals surface area (Å²) in [6, 6.07) is 15.6. The van der Waals surface area contributed by atoms with Gasteiger partial charge < -0.3 is 29.7 Å². The number of ether oxygens (including phenoxy) is 3. The van der Waals surface area contributed by atoms with Gasteiger partial charge in [-0.1, -0.05) is 59.6 Å². The zero-order chi connectivity index (χ0) is 37.9. The number of halogens is 2. The van der Waals surface area contributed by atoms with Crippen LogP contribution >= 0.6 is 23.2 Å². The first-order chi connectivity index (χ1) is 26.1. The van der Waals surface area contributed by atoms with Crippen molar-refractivity contribution >= 4 is 35.0 Å². The first kappa shape index (κ1) is 37.9. The van der Waals surface area contributed by atoms with Crippen LogP contribution in [0.3, 0.4) is 0 Å². The van der Waals surface area contributed by atoms with Crippen LogP contribution in [0.15, 0.2) is 48.5 Å². The van der Waals surface area contributed by atoms with E-state index in [0.29, 0.717) is 70.6 Å². The van der Waals surface area contributed by atoms with Crippen LogP contribution in [-0.2, 0) is 16.1 Å². The van der Waals surface area contributed by atoms with E-state index in [1.54, 1.807) is 21.1 Å². The summed E-state index contributed by atoms with van der Waals surface area (Å²) in [4.78, 5) is 37.8. The second kappa shape index (κ2) is 16.5. The fourth-order valence-corrected chi connectivity index (χ4v) is 8.36. The molecule has 0 bridgehead atoms. The highest BCUT2D eigenvalue weighted by molar-refractivity contribution is 6.39. The van der Waals surface area contributed by atoms with Crippen molar-refractivity contribution in [2.24, 2.45) is 0 Å². The summed E-state index contributed by atoms with van der Waals surface area (Å²) >= 11 is 14.4. The van der Waals surface area contributed by atoms with E-state index in [0.717, 1.165) is 78.8 Å². The van der Waals surface area contributed by atoms with E-state index in [1.165, 1.54) is 0 Å². The topological polar surface area (TPSA) is 118 Å². The Morgan fingerprint density at radius 2 is 1.54 bits per heavy atom. The summed E-state index contributed by atoms with van der Waals surface area (Å²) in [7, 11) is 3.25. The molecule has 0 aliphatic carbocycles. The van der Waals surface area contributed by atoms with Crippen molar-refractivity contribution in [2.45, 2.75) is 58.2 Å². The monoisotopic (exact) mass is 772 g/mol. The van der Waals surface area contributed by atoms with Crippen molar-refractivity contribution in [1.82, 2.24) is 30.4 Å². The lowest BCUT2D eigenvalue weighted by Crippen LogP contribution is -2.38. The van der Waals surface area contributed by atoms with Gasteiger partial charge in [-0.2, -0.15) is 0 Å². The molecule has 284 valence electrons. The van der Waals surface area contributed by atoms with Crippen LogP contribution in [0.25, 0.3) is 33.6 Å². The third-order valence-electron chi connectivity index (χ3n) is 10.6. The zero-order valence-corrected chi connectivity index (χ0v) is 32.6. The van der Waals surface area contributed by atoms with Crippen molar-refractivity contribution in [3.05, 3.63) is 75.3 Å². The van der Waals surface area contributed by atoms with Gasteiger partial charge in [-0.25, -0.2) is 9.97 Å². The summed E-state index contributed by atoms with van der Waals surface area (Å²) in [5, 5.41) is 7.53. The molecule has 54 heavy (non-hydrogen) atoms. The fraction of sp³-hybridized carbons (Fsp3) is 0.415. The Hall–Kier alpha value is -4.42. The molecule has 3 aliphatic heterocycles. The Balaban J connectivity index is 1.14. The summed E-state index contributed by atoms with van der Waals surface area (Å²) in [5.41, 5.74) is 7.26. The quantitative estimate of drug-likeness (QED) is 0.178. The van der Waals surface area contributed by atoms with E-state index in [-0.39, 0.29) is 23.9 Å². The lowest BCUT2D eigenvalue weighted by Gasteiger charge is -2.30. The number of fused-ring (bicyclic) bond motifs is 1. The van der Waals surface area contributed by atoms with Gasteiger partial charge in [0.25, 0.3) is 0 Å². The Kier molecular flexibility index (Phi) is 11.6. The number of carbonyl (C=O) groups is 2. The average Bonchev–Trinajstić information content (AvgIpc) is 3.77. The van der Waals surface area contributed by atoms with E-state index < -0.39 is 0 Å². The molecule has 2 aromatic carbocycles. The molecule has 0 spiro atoms. The molecule has 2 amide bonds. The van der Waals surface area contributed by atoms with Crippen molar-refractivity contribution in [2.75, 3.05) is 53.6 Å². The molecule has 4 aromatic rings. The van der Waals surface area contributed by atoms with Crippen molar-refractivity contribution in [1.29, 1.82) is 0 Å². The normalized spacial score (nSPS) is 18.8. The number of methoxy groups -OCH3 is 2. The predicted octanol–water partition coefficient (Wildman–Crippen LogP) is 6.86. The van der Waals surface area contributed by atoms with E-state index >= 15 is 0 Å². The fourth-order valence-electron chi connectivity index (χ4n) is 7.71. The number of hydrogen-bond acceptors (Lipinski definition) is 9. The molecular weight excluding hydrogens is 727 g/mol. The van der Waals surface area contributed by atoms with Crippen LogP contribution in [-0.4, -0.2) is 91.2 Å². The predicted molar refractivity (Wildman–Crippen MR) is 210 cm³/mol. The van der Waals surface area contributed by atoms with Crippen LogP contribution in [0.1, 0.15) is 55.3 Å². The Labute approximate surface area is 326 Å².